The van der Waals surface area contributed by atoms with Crippen LogP contribution in [0.3, 0.4) is 0 Å². The summed E-state index contributed by atoms with van der Waals surface area (Å²) in [6, 6.07) is 20.4. The molecule has 2 aliphatic heterocycles. The molecule has 5 heterocycles. The minimum absolute atomic E-state index is 0.0282. The molecule has 5 N–H and O–H groups in total. The van der Waals surface area contributed by atoms with Gasteiger partial charge in [-0.3, -0.25) is 14.4 Å². The first kappa shape index (κ1) is 43.8. The van der Waals surface area contributed by atoms with Gasteiger partial charge in [-0.25, -0.2) is 23.1 Å². The minimum atomic E-state index is -4.36. The molecule has 15 nitrogen and oxygen atoms in total. The Kier molecular flexibility index (Phi) is 12.0. The number of nitrogens with zero attached hydrogens (tertiary/aromatic N) is 3. The molecule has 3 amide bonds. The van der Waals surface area contributed by atoms with Gasteiger partial charge in [0.05, 0.1) is 30.6 Å². The number of fused-ring (bicyclic) bond motifs is 4. The van der Waals surface area contributed by atoms with Crippen LogP contribution in [0.15, 0.2) is 95.2 Å². The molecule has 338 valence electrons. The van der Waals surface area contributed by atoms with Crippen molar-refractivity contribution in [3.63, 3.8) is 0 Å². The maximum Gasteiger partial charge on any atom is 0.271 e. The fourth-order valence-electron chi connectivity index (χ4n) is 8.86. The highest BCUT2D eigenvalue weighted by atomic mass is 32.2. The van der Waals surface area contributed by atoms with Gasteiger partial charge in [0.1, 0.15) is 45.5 Å². The van der Waals surface area contributed by atoms with Crippen LogP contribution in [0.25, 0.3) is 33.2 Å². The van der Waals surface area contributed by atoms with Gasteiger partial charge in [0.25, 0.3) is 21.8 Å². The number of carbonyl (C=O) groups excluding carboxylic acids is 3. The van der Waals surface area contributed by atoms with Gasteiger partial charge in [-0.1, -0.05) is 48.9 Å². The lowest BCUT2D eigenvalue weighted by Crippen LogP contribution is -2.56. The van der Waals surface area contributed by atoms with Crippen molar-refractivity contribution in [1.29, 1.82) is 0 Å². The summed E-state index contributed by atoms with van der Waals surface area (Å²) in [5.41, 5.74) is 2.53. The largest absolute Gasteiger partial charge is 0.496 e. The lowest BCUT2D eigenvalue weighted by Gasteiger charge is -2.26. The smallest absolute Gasteiger partial charge is 0.271 e. The van der Waals surface area contributed by atoms with E-state index in [4.69, 9.17) is 19.4 Å². The Bertz CT molecular complexity index is 2910. The number of ether oxygens (including phenoxy) is 2. The average molecular weight is 917 g/mol. The first-order valence-electron chi connectivity index (χ1n) is 22.0. The van der Waals surface area contributed by atoms with Crippen molar-refractivity contribution >= 4 is 71.7 Å². The van der Waals surface area contributed by atoms with Crippen molar-refractivity contribution in [3.8, 4) is 22.9 Å². The number of aromatic amines is 1. The lowest BCUT2D eigenvalue weighted by molar-refractivity contribution is -0.131. The monoisotopic (exact) mass is 916 g/mol. The van der Waals surface area contributed by atoms with Gasteiger partial charge in [0.15, 0.2) is 5.13 Å². The van der Waals surface area contributed by atoms with Crippen LogP contribution in [-0.4, -0.2) is 89.9 Å². The number of hydrogen-bond acceptors (Lipinski definition) is 12. The van der Waals surface area contributed by atoms with E-state index in [1.165, 1.54) is 22.3 Å². The van der Waals surface area contributed by atoms with Crippen molar-refractivity contribution in [2.24, 2.45) is 5.92 Å². The zero-order chi connectivity index (χ0) is 45.5. The van der Waals surface area contributed by atoms with Gasteiger partial charge in [-0.15, -0.1) is 11.3 Å². The molecule has 0 radical (unpaired) electrons. The van der Waals surface area contributed by atoms with Crippen LogP contribution in [0, 0.1) is 12.8 Å². The number of aromatic nitrogens is 3. The van der Waals surface area contributed by atoms with Crippen molar-refractivity contribution < 1.29 is 32.3 Å². The first-order valence-corrected chi connectivity index (χ1v) is 24.3. The van der Waals surface area contributed by atoms with Crippen molar-refractivity contribution in [1.82, 2.24) is 29.9 Å². The Balaban J connectivity index is 1.06. The number of sulfonamides is 1. The number of nitrogens with one attached hydrogen (secondary N) is 5. The number of allylic oxidation sites excluding steroid dienone is 1. The van der Waals surface area contributed by atoms with Crippen molar-refractivity contribution in [2.75, 3.05) is 30.8 Å². The van der Waals surface area contributed by atoms with E-state index in [2.05, 4.69) is 25.7 Å². The number of H-pyrrole nitrogens is 1. The molecular formula is C48H52N8O7S2. The number of carbonyl (C=O) groups is 3. The molecule has 1 aliphatic carbocycles. The Hall–Kier alpha value is -6.46. The number of amides is 3. The zero-order valence-corrected chi connectivity index (χ0v) is 38.3. The number of aryl methyl sites for hydroxylation is 1. The van der Waals surface area contributed by atoms with Crippen LogP contribution in [-0.2, 0) is 19.6 Å². The maximum absolute atomic E-state index is 14.9. The molecule has 1 saturated heterocycles. The number of pyridine rings is 1. The Labute approximate surface area is 381 Å². The number of benzene rings is 3. The van der Waals surface area contributed by atoms with Crippen LogP contribution in [0.4, 0.5) is 10.8 Å². The Morgan fingerprint density at radius 1 is 0.985 bits per heavy atom. The van der Waals surface area contributed by atoms with Gasteiger partial charge >= 0.3 is 0 Å². The minimum Gasteiger partial charge on any atom is -0.496 e. The summed E-state index contributed by atoms with van der Waals surface area (Å²) in [5, 5.41) is 13.8. The molecule has 0 bridgehead atoms. The van der Waals surface area contributed by atoms with E-state index in [0.717, 1.165) is 47.3 Å². The second-order valence-corrected chi connectivity index (χ2v) is 19.8. The number of thiazole rings is 1. The van der Waals surface area contributed by atoms with E-state index in [1.807, 2.05) is 80.8 Å². The topological polar surface area (TPSA) is 197 Å². The van der Waals surface area contributed by atoms with Crippen LogP contribution in [0.5, 0.6) is 11.5 Å². The van der Waals surface area contributed by atoms with Gasteiger partial charge in [0, 0.05) is 58.2 Å². The van der Waals surface area contributed by atoms with E-state index in [-0.39, 0.29) is 36.0 Å². The third-order valence-corrected chi connectivity index (χ3v) is 14.5. The number of hydrogen-bond donors (Lipinski definition) is 5. The van der Waals surface area contributed by atoms with E-state index in [1.54, 1.807) is 31.4 Å². The van der Waals surface area contributed by atoms with E-state index >= 15 is 0 Å². The number of anilines is 2. The molecule has 2 fully saturated rings. The van der Waals surface area contributed by atoms with E-state index in [0.29, 0.717) is 46.0 Å². The standard InChI is InChI=1S/C48H52N8O7S2/c1-28(2)50-47-53-38(27-64-47)36-24-41(33-19-20-40(62-4)29(3)43(33)52-36)63-32-23-39(56(26-32)45(58)37-22-30-14-9-10-16-34(30)51-37)44(57)54-48-25-31(48)15-8-6-5-7-13-21-49-35-17-11-12-18-42(35)65(60,61)55-46(48)59/h8-12,14-20,22,24,27-28,31-32,39,49,51H,5-7,13,21,23,25-26H2,1-4H3,(H,50,53)(H,54,57)(H,55,59)/b15-8-/t31-,32-,39+,48-/m1/s1. The van der Waals surface area contributed by atoms with Gasteiger partial charge < -0.3 is 35.3 Å². The summed E-state index contributed by atoms with van der Waals surface area (Å²) >= 11 is 1.47. The zero-order valence-electron chi connectivity index (χ0n) is 36.6. The van der Waals surface area contributed by atoms with Gasteiger partial charge in [0.2, 0.25) is 5.91 Å². The lowest BCUT2D eigenvalue weighted by atomic mass is 10.1. The highest BCUT2D eigenvalue weighted by molar-refractivity contribution is 7.90. The quantitative estimate of drug-likeness (QED) is 0.0898. The van der Waals surface area contributed by atoms with Crippen molar-refractivity contribution in [2.45, 2.75) is 87.9 Å². The average Bonchev–Trinajstić information content (AvgIpc) is 3.65. The number of rotatable bonds is 9. The van der Waals surface area contributed by atoms with Crippen molar-refractivity contribution in [3.05, 3.63) is 102 Å². The highest BCUT2D eigenvalue weighted by Gasteiger charge is 2.61. The Morgan fingerprint density at radius 2 is 1.80 bits per heavy atom. The predicted molar refractivity (Wildman–Crippen MR) is 252 cm³/mol. The first-order chi connectivity index (χ1) is 31.3. The molecule has 3 aliphatic rings. The molecule has 9 rings (SSSR count). The summed E-state index contributed by atoms with van der Waals surface area (Å²) in [6.45, 7) is 6.61. The fraction of sp³-hybridized carbons (Fsp3) is 0.354. The summed E-state index contributed by atoms with van der Waals surface area (Å²) in [4.78, 5) is 58.3. The van der Waals surface area contributed by atoms with Gasteiger partial charge in [-0.05, 0) is 82.9 Å². The summed E-state index contributed by atoms with van der Waals surface area (Å²) in [6.07, 6.45) is 6.88. The molecule has 3 aromatic carbocycles. The number of methoxy groups -OCH3 is 1. The second-order valence-electron chi connectivity index (χ2n) is 17.3. The molecule has 3 aromatic heterocycles. The molecule has 1 saturated carbocycles. The maximum atomic E-state index is 14.9. The summed E-state index contributed by atoms with van der Waals surface area (Å²) in [7, 11) is -2.76. The van der Waals surface area contributed by atoms with Crippen LogP contribution in [0.2, 0.25) is 0 Å². The van der Waals surface area contributed by atoms with Crippen LogP contribution < -0.4 is 30.1 Å². The predicted octanol–water partition coefficient (Wildman–Crippen LogP) is 7.56. The summed E-state index contributed by atoms with van der Waals surface area (Å²) in [5.74, 6) is -1.21. The van der Waals surface area contributed by atoms with Crippen LogP contribution in [0.1, 0.15) is 68.4 Å². The van der Waals surface area contributed by atoms with Crippen LogP contribution >= 0.6 is 11.3 Å². The second kappa shape index (κ2) is 17.8. The molecule has 0 spiro atoms. The molecule has 0 unspecified atom stereocenters. The normalized spacial score (nSPS) is 22.4. The van der Waals surface area contributed by atoms with Gasteiger partial charge in [-0.2, -0.15) is 0 Å². The summed E-state index contributed by atoms with van der Waals surface area (Å²) < 4.78 is 42.6. The van der Waals surface area contributed by atoms with E-state index < -0.39 is 51.3 Å². The third kappa shape index (κ3) is 8.86. The SMILES string of the molecule is COc1ccc2c(O[C@@H]3C[C@@H](C(=O)N[C@]45C[C@H]4/C=C\CCCCCNc4ccccc4S(=O)(=O)NC5=O)N(C(=O)c4cc5ccccc5[nH]4)C3)cc(-c3csc(NC(C)C)n3)nc2c1C. The molecule has 65 heavy (non-hydrogen) atoms. The third-order valence-electron chi connectivity index (χ3n) is 12.3. The highest BCUT2D eigenvalue weighted by Crippen LogP contribution is 2.46. The number of likely N-dealkylation sites (tertiary alicyclic amines) is 1. The Morgan fingerprint density at radius 3 is 2.62 bits per heavy atom. The van der Waals surface area contributed by atoms with E-state index in [9.17, 15) is 22.8 Å². The molecule has 6 aromatic rings. The fourth-order valence-corrected chi connectivity index (χ4v) is 10.9. The molecule has 4 atom stereocenters. The molecular weight excluding hydrogens is 865 g/mol. The number of para-hydroxylation sites is 2. The molecule has 17 heteroatoms.